The summed E-state index contributed by atoms with van der Waals surface area (Å²) in [5.41, 5.74) is 3.67. The molecule has 0 aliphatic carbocycles. The molecule has 5 rings (SSSR count). The molecule has 0 radical (unpaired) electrons. The van der Waals surface area contributed by atoms with E-state index in [0.29, 0.717) is 24.3 Å². The summed E-state index contributed by atoms with van der Waals surface area (Å²) in [4.78, 5) is 27.8. The Morgan fingerprint density at radius 1 is 1.18 bits per heavy atom. The second-order valence-electron chi connectivity index (χ2n) is 8.20. The number of likely N-dealkylation sites (tertiary alicyclic amines) is 2. The number of carbonyl (C=O) groups is 1. The topological polar surface area (TPSA) is 68.0 Å². The average molecular weight is 377 g/mol. The second-order valence-corrected chi connectivity index (χ2v) is 8.20. The van der Waals surface area contributed by atoms with Crippen molar-refractivity contribution in [1.82, 2.24) is 24.8 Å². The molecule has 2 aromatic heterocycles. The molecule has 6 nitrogen and oxygen atoms in total. The normalized spacial score (nSPS) is 23.3. The maximum absolute atomic E-state index is 12.6. The molecule has 3 aromatic rings. The molecular weight excluding hydrogens is 350 g/mol. The van der Waals surface area contributed by atoms with Crippen LogP contribution in [0.25, 0.3) is 10.9 Å². The first-order valence-corrected chi connectivity index (χ1v) is 10.3. The van der Waals surface area contributed by atoms with Crippen molar-refractivity contribution in [2.75, 3.05) is 19.6 Å². The quantitative estimate of drug-likeness (QED) is 0.718. The van der Waals surface area contributed by atoms with Gasteiger partial charge >= 0.3 is 0 Å². The Morgan fingerprint density at radius 2 is 2.14 bits per heavy atom. The molecule has 2 saturated heterocycles. The van der Waals surface area contributed by atoms with E-state index in [2.05, 4.69) is 49.0 Å². The number of rotatable bonds is 5. The van der Waals surface area contributed by atoms with Gasteiger partial charge in [-0.05, 0) is 47.9 Å². The lowest BCUT2D eigenvalue weighted by atomic mass is 9.83. The predicted octanol–water partition coefficient (Wildman–Crippen LogP) is 2.95. The Labute approximate surface area is 164 Å². The van der Waals surface area contributed by atoms with Crippen molar-refractivity contribution in [2.45, 2.75) is 38.3 Å². The standard InChI is InChI=1S/C22H27N5O/c28-22-4-2-18-14-26(13-16-1-3-20-17(11-16)5-8-24-20)9-7-21(18)27(22)10-6-19-12-23-15-25-19/h1,3,5,8,11-12,15,18,21,24H,2,4,6-7,9-10,13-14H2,(H,23,25)/t18-,21+/m0/s1. The minimum absolute atomic E-state index is 0.326. The Hall–Kier alpha value is -2.60. The van der Waals surface area contributed by atoms with Crippen molar-refractivity contribution < 1.29 is 4.79 Å². The third-order valence-electron chi connectivity index (χ3n) is 6.43. The van der Waals surface area contributed by atoms with E-state index >= 15 is 0 Å². The Morgan fingerprint density at radius 3 is 3.04 bits per heavy atom. The molecule has 4 heterocycles. The predicted molar refractivity (Wildman–Crippen MR) is 109 cm³/mol. The fraction of sp³-hybridized carbons (Fsp3) is 0.455. The van der Waals surface area contributed by atoms with Crippen molar-refractivity contribution in [1.29, 1.82) is 0 Å². The number of fused-ring (bicyclic) bond motifs is 2. The summed E-state index contributed by atoms with van der Waals surface area (Å²) in [6, 6.07) is 9.22. The summed E-state index contributed by atoms with van der Waals surface area (Å²) in [6.45, 7) is 3.93. The van der Waals surface area contributed by atoms with E-state index in [-0.39, 0.29) is 0 Å². The van der Waals surface area contributed by atoms with E-state index < -0.39 is 0 Å². The highest BCUT2D eigenvalue weighted by Gasteiger charge is 2.38. The fourth-order valence-corrected chi connectivity index (χ4v) is 4.98. The molecule has 0 saturated carbocycles. The summed E-state index contributed by atoms with van der Waals surface area (Å²) in [5.74, 6) is 0.913. The first-order valence-electron chi connectivity index (χ1n) is 10.3. The number of amides is 1. The van der Waals surface area contributed by atoms with E-state index in [1.807, 2.05) is 12.4 Å². The minimum Gasteiger partial charge on any atom is -0.361 e. The molecule has 2 N–H and O–H groups in total. The average Bonchev–Trinajstić information content (AvgIpc) is 3.38. The van der Waals surface area contributed by atoms with Crippen LogP contribution in [0.15, 0.2) is 43.0 Å². The van der Waals surface area contributed by atoms with Crippen molar-refractivity contribution in [3.8, 4) is 0 Å². The van der Waals surface area contributed by atoms with Gasteiger partial charge in [-0.2, -0.15) is 0 Å². The number of nitrogens with zero attached hydrogens (tertiary/aromatic N) is 3. The van der Waals surface area contributed by atoms with E-state index in [9.17, 15) is 4.79 Å². The van der Waals surface area contributed by atoms with Gasteiger partial charge in [-0.3, -0.25) is 9.69 Å². The van der Waals surface area contributed by atoms with Crippen LogP contribution < -0.4 is 0 Å². The summed E-state index contributed by atoms with van der Waals surface area (Å²) in [7, 11) is 0. The number of imidazole rings is 1. The van der Waals surface area contributed by atoms with Crippen molar-refractivity contribution in [3.05, 3.63) is 54.2 Å². The molecule has 1 aromatic carbocycles. The number of benzene rings is 1. The number of piperidine rings is 2. The van der Waals surface area contributed by atoms with Gasteiger partial charge in [-0.25, -0.2) is 4.98 Å². The van der Waals surface area contributed by atoms with Crippen LogP contribution in [-0.2, 0) is 17.8 Å². The van der Waals surface area contributed by atoms with Gasteiger partial charge in [0, 0.05) is 68.7 Å². The van der Waals surface area contributed by atoms with Gasteiger partial charge in [0.15, 0.2) is 0 Å². The van der Waals surface area contributed by atoms with Gasteiger partial charge in [-0.1, -0.05) is 6.07 Å². The minimum atomic E-state index is 0.326. The summed E-state index contributed by atoms with van der Waals surface area (Å²) >= 11 is 0. The van der Waals surface area contributed by atoms with Gasteiger partial charge < -0.3 is 14.9 Å². The molecule has 6 heteroatoms. The third kappa shape index (κ3) is 3.44. The van der Waals surface area contributed by atoms with Gasteiger partial charge in [-0.15, -0.1) is 0 Å². The fourth-order valence-electron chi connectivity index (χ4n) is 4.98. The molecule has 2 aliphatic heterocycles. The molecule has 0 spiro atoms. The summed E-state index contributed by atoms with van der Waals surface area (Å²) < 4.78 is 0. The van der Waals surface area contributed by atoms with Crippen LogP contribution in [0.2, 0.25) is 0 Å². The van der Waals surface area contributed by atoms with Crippen LogP contribution in [0.1, 0.15) is 30.5 Å². The van der Waals surface area contributed by atoms with Crippen LogP contribution in [0.5, 0.6) is 0 Å². The smallest absolute Gasteiger partial charge is 0.222 e. The van der Waals surface area contributed by atoms with Crippen LogP contribution in [0, 0.1) is 5.92 Å². The van der Waals surface area contributed by atoms with Crippen molar-refractivity contribution in [3.63, 3.8) is 0 Å². The lowest BCUT2D eigenvalue weighted by molar-refractivity contribution is -0.141. The van der Waals surface area contributed by atoms with E-state index in [0.717, 1.165) is 51.1 Å². The largest absolute Gasteiger partial charge is 0.361 e. The van der Waals surface area contributed by atoms with E-state index in [1.165, 1.54) is 16.5 Å². The van der Waals surface area contributed by atoms with E-state index in [1.54, 1.807) is 6.33 Å². The number of H-pyrrole nitrogens is 2. The molecule has 28 heavy (non-hydrogen) atoms. The maximum Gasteiger partial charge on any atom is 0.222 e. The van der Waals surface area contributed by atoms with Crippen LogP contribution in [0.3, 0.4) is 0 Å². The Bertz CT molecular complexity index is 947. The van der Waals surface area contributed by atoms with Crippen molar-refractivity contribution >= 4 is 16.8 Å². The Balaban J connectivity index is 1.23. The van der Waals surface area contributed by atoms with Gasteiger partial charge in [0.1, 0.15) is 0 Å². The van der Waals surface area contributed by atoms with E-state index in [4.69, 9.17) is 0 Å². The number of carbonyl (C=O) groups excluding carboxylic acids is 1. The lowest BCUT2D eigenvalue weighted by Gasteiger charge is -2.47. The SMILES string of the molecule is O=C1CC[C@H]2CN(Cc3ccc4[nH]ccc4c3)CC[C@H]2N1CCc1cnc[nH]1. The zero-order valence-corrected chi connectivity index (χ0v) is 16.1. The van der Waals surface area contributed by atoms with Crippen LogP contribution in [0.4, 0.5) is 0 Å². The highest BCUT2D eigenvalue weighted by molar-refractivity contribution is 5.80. The van der Waals surface area contributed by atoms with Gasteiger partial charge in [0.2, 0.25) is 5.91 Å². The zero-order chi connectivity index (χ0) is 18.9. The molecule has 2 atom stereocenters. The number of hydrogen-bond acceptors (Lipinski definition) is 3. The summed E-state index contributed by atoms with van der Waals surface area (Å²) in [5, 5.41) is 1.28. The second kappa shape index (κ2) is 7.43. The lowest BCUT2D eigenvalue weighted by Crippen LogP contribution is -2.56. The van der Waals surface area contributed by atoms with Crippen LogP contribution >= 0.6 is 0 Å². The third-order valence-corrected chi connectivity index (χ3v) is 6.43. The molecule has 2 aliphatic rings. The highest BCUT2D eigenvalue weighted by Crippen LogP contribution is 2.32. The number of hydrogen-bond donors (Lipinski definition) is 2. The summed E-state index contributed by atoms with van der Waals surface area (Å²) in [6.07, 6.45) is 9.21. The number of aromatic nitrogens is 3. The molecule has 1 amide bonds. The van der Waals surface area contributed by atoms with Gasteiger partial charge in [0.05, 0.1) is 6.33 Å². The monoisotopic (exact) mass is 377 g/mol. The Kier molecular flexibility index (Phi) is 4.64. The molecular formula is C22H27N5O. The van der Waals surface area contributed by atoms with Crippen molar-refractivity contribution in [2.24, 2.45) is 5.92 Å². The maximum atomic E-state index is 12.6. The number of aromatic amines is 2. The highest BCUT2D eigenvalue weighted by atomic mass is 16.2. The molecule has 146 valence electrons. The van der Waals surface area contributed by atoms with Gasteiger partial charge in [0.25, 0.3) is 0 Å². The first kappa shape index (κ1) is 17.5. The molecule has 2 fully saturated rings. The number of nitrogens with one attached hydrogen (secondary N) is 2. The first-order chi connectivity index (χ1) is 13.8. The molecule has 0 bridgehead atoms. The molecule has 0 unspecified atom stereocenters. The van der Waals surface area contributed by atoms with Crippen LogP contribution in [-0.4, -0.2) is 56.3 Å². The zero-order valence-electron chi connectivity index (χ0n) is 16.1.